The van der Waals surface area contributed by atoms with Crippen LogP contribution in [0.4, 0.5) is 0 Å². The summed E-state index contributed by atoms with van der Waals surface area (Å²) in [4.78, 5) is 15.2. The van der Waals surface area contributed by atoms with Gasteiger partial charge in [-0.3, -0.25) is 4.79 Å². The second-order valence-electron chi connectivity index (χ2n) is 28.5. The van der Waals surface area contributed by atoms with E-state index in [0.29, 0.717) is 51.4 Å². The van der Waals surface area contributed by atoms with Gasteiger partial charge in [-0.25, -0.2) is 0 Å². The fraction of sp³-hybridized carbons (Fsp3) is 0.949. The van der Waals surface area contributed by atoms with E-state index in [-0.39, 0.29) is 47.2 Å². The van der Waals surface area contributed by atoms with Gasteiger partial charge in [0.05, 0.1) is 50.2 Å². The van der Waals surface area contributed by atoms with Gasteiger partial charge in [0.15, 0.2) is 25.2 Å². The van der Waals surface area contributed by atoms with Gasteiger partial charge in [0.1, 0.15) is 104 Å². The summed E-state index contributed by atoms with van der Waals surface area (Å²) in [5, 5.41) is 163. The molecule has 0 aromatic carbocycles. The summed E-state index contributed by atoms with van der Waals surface area (Å²) in [5.41, 5.74) is -1.93. The molecule has 0 bridgehead atoms. The summed E-state index contributed by atoms with van der Waals surface area (Å²) >= 11 is 0. The number of allylic oxidation sites excluding steroid dienone is 2. The summed E-state index contributed by atoms with van der Waals surface area (Å²) < 4.78 is 59.4. The van der Waals surface area contributed by atoms with Crippen molar-refractivity contribution in [3.8, 4) is 0 Å². The molecule has 4 saturated carbocycles. The molecular weight excluding hydrogens is 1120 g/mol. The number of esters is 1. The van der Waals surface area contributed by atoms with Gasteiger partial charge < -0.3 is 124 Å². The molecule has 0 aromatic rings. The molecule has 15 N–H and O–H groups in total. The predicted molar refractivity (Wildman–Crippen MR) is 288 cm³/mol. The first-order chi connectivity index (χ1) is 39.8. The van der Waals surface area contributed by atoms with E-state index in [0.717, 1.165) is 12.8 Å². The third-order valence-electron chi connectivity index (χ3n) is 23.2. The second kappa shape index (κ2) is 24.4. The number of hydrogen-bond acceptors (Lipinski definition) is 26. The van der Waals surface area contributed by atoms with Gasteiger partial charge in [0.2, 0.25) is 6.29 Å². The van der Waals surface area contributed by atoms with Gasteiger partial charge in [0.25, 0.3) is 0 Å². The maximum atomic E-state index is 15.2. The third-order valence-corrected chi connectivity index (χ3v) is 23.2. The van der Waals surface area contributed by atoms with Crippen molar-refractivity contribution >= 4 is 5.97 Å². The molecule has 10 aliphatic rings. The van der Waals surface area contributed by atoms with Gasteiger partial charge in [-0.15, -0.1) is 0 Å². The summed E-state index contributed by atoms with van der Waals surface area (Å²) in [6, 6.07) is 0. The monoisotopic (exact) mass is 1220 g/mol. The Bertz CT molecular complexity index is 2370. The van der Waals surface area contributed by atoms with Crippen molar-refractivity contribution < 1.29 is 129 Å². The number of aliphatic hydroxyl groups is 15. The van der Waals surface area contributed by atoms with E-state index in [4.69, 9.17) is 47.4 Å². The van der Waals surface area contributed by atoms with Gasteiger partial charge in [-0.1, -0.05) is 53.2 Å². The summed E-state index contributed by atoms with van der Waals surface area (Å²) in [5.74, 6) is -0.861. The van der Waals surface area contributed by atoms with Crippen LogP contribution >= 0.6 is 0 Å². The molecule has 85 heavy (non-hydrogen) atoms. The fourth-order valence-corrected chi connectivity index (χ4v) is 17.5. The van der Waals surface area contributed by atoms with Crippen molar-refractivity contribution in [1.29, 1.82) is 0 Å². The Labute approximate surface area is 494 Å². The number of carbonyl (C=O) groups excluding carboxylic acids is 1. The van der Waals surface area contributed by atoms with E-state index in [2.05, 4.69) is 40.7 Å². The minimum atomic E-state index is -1.90. The van der Waals surface area contributed by atoms with E-state index < -0.39 is 189 Å². The van der Waals surface area contributed by atoms with Crippen molar-refractivity contribution in [3.05, 3.63) is 11.6 Å². The zero-order chi connectivity index (χ0) is 62.0. The first-order valence-corrected chi connectivity index (χ1v) is 30.6. The maximum absolute atomic E-state index is 15.2. The van der Waals surface area contributed by atoms with Crippen LogP contribution in [0.3, 0.4) is 0 Å². The molecule has 9 fully saturated rings. The van der Waals surface area contributed by atoms with E-state index in [1.807, 2.05) is 6.92 Å². The van der Waals surface area contributed by atoms with E-state index in [9.17, 15) is 76.6 Å². The average Bonchev–Trinajstić information content (AvgIpc) is 0.692. The average molecular weight is 1220 g/mol. The highest BCUT2D eigenvalue weighted by Crippen LogP contribution is 2.76. The van der Waals surface area contributed by atoms with Gasteiger partial charge >= 0.3 is 5.97 Å². The number of aliphatic hydroxyl groups excluding tert-OH is 15. The Morgan fingerprint density at radius 3 is 1.76 bits per heavy atom. The number of rotatable bonds is 13. The summed E-state index contributed by atoms with van der Waals surface area (Å²) in [7, 11) is 0. The normalized spacial score (nSPS) is 55.3. The quantitative estimate of drug-likeness (QED) is 0.0513. The van der Waals surface area contributed by atoms with Crippen molar-refractivity contribution in [1.82, 2.24) is 0 Å². The fourth-order valence-electron chi connectivity index (χ4n) is 17.5. The SMILES string of the molecule is C[C@@H]1O[C@@H](O[C@H]2[C@@H](O[C@H]3CC[C@@]4(C)[C@@H](CC[C@]5(C)[C@@H]4CC=C4[C@@H]6CC(C)(C)CC[C@]6(C(=O)O[C@@H]6O[C@H](CO[C@@H]7O[C@H](CO)[C@@H](O[C@@H]8O[C@@H](C)[C@H](O)[C@@H](O)[C@H]8O)[C@H](O)[C@H]7O)[C@@H](O)[C@H](O)[C@H]6O)CC[C@]45C)[C@]3(C)CO)OC[C@H](O)[C@@H]2O)[C@H](O)[C@H](O)[C@H]1O. The molecule has 0 amide bonds. The van der Waals surface area contributed by atoms with E-state index >= 15 is 4.79 Å². The van der Waals surface area contributed by atoms with Gasteiger partial charge in [0, 0.05) is 5.41 Å². The number of carbonyl (C=O) groups is 1. The minimum Gasteiger partial charge on any atom is -0.432 e. The molecule has 5 heterocycles. The molecule has 5 aliphatic carbocycles. The van der Waals surface area contributed by atoms with E-state index in [1.165, 1.54) is 19.4 Å². The second-order valence-corrected chi connectivity index (χ2v) is 28.5. The van der Waals surface area contributed by atoms with Crippen LogP contribution in [0.15, 0.2) is 11.6 Å². The van der Waals surface area contributed by atoms with Crippen LogP contribution in [0.25, 0.3) is 0 Å². The Kier molecular flexibility index (Phi) is 19.0. The van der Waals surface area contributed by atoms with Crippen molar-refractivity contribution in [2.24, 2.45) is 50.2 Å². The number of ether oxygens (including phenoxy) is 10. The smallest absolute Gasteiger partial charge is 0.315 e. The Morgan fingerprint density at radius 1 is 0.565 bits per heavy atom. The van der Waals surface area contributed by atoms with Crippen LogP contribution in [-0.4, -0.2) is 263 Å². The highest BCUT2D eigenvalue weighted by Gasteiger charge is 2.71. The van der Waals surface area contributed by atoms with Gasteiger partial charge in [-0.2, -0.15) is 0 Å². The molecular formula is C59H96O26. The van der Waals surface area contributed by atoms with Gasteiger partial charge in [-0.05, 0) is 117 Å². The Hall–Kier alpha value is -1.75. The molecule has 0 spiro atoms. The first kappa shape index (κ1) is 66.2. The van der Waals surface area contributed by atoms with Crippen LogP contribution in [0.5, 0.6) is 0 Å². The molecule has 5 aliphatic heterocycles. The third kappa shape index (κ3) is 11.1. The number of hydrogen-bond donors (Lipinski definition) is 15. The highest BCUT2D eigenvalue weighted by atomic mass is 16.8. The maximum Gasteiger partial charge on any atom is 0.315 e. The lowest BCUT2D eigenvalue weighted by molar-refractivity contribution is -0.365. The van der Waals surface area contributed by atoms with Crippen molar-refractivity contribution in [2.45, 2.75) is 273 Å². The molecule has 488 valence electrons. The standard InChI is InChI=1S/C59H96O26/c1-24-34(63)38(67)42(71)49(78-24)83-46-29(20-60)80-48(45(74)41(46)70)77-22-30-37(66)40(69)44(73)51(81-30)85-53(75)59-17-15-54(3,4)19-27(59)26-9-10-32-55(5)13-12-33(56(6,23-61)31(55)11-14-58(32,8)57(26,7)16-18-59)82-52-47(36(65)28(62)21-76-52)84-50-43(72)39(68)35(64)25(2)79-50/h9,24-25,27-52,60-74H,10-23H2,1-8H3/t24-,25-,27-,28-,29+,30+,31+,32+,33-,34-,35-,36-,37+,38+,39+,40-,41+,42+,43+,44+,45+,46+,47+,48+,49-,50-,51-,52+,55-,56-,57+,58+,59-/m0/s1. The van der Waals surface area contributed by atoms with Crippen molar-refractivity contribution in [3.63, 3.8) is 0 Å². The topological polar surface area (TPSA) is 413 Å². The van der Waals surface area contributed by atoms with Crippen LogP contribution in [0.1, 0.15) is 120 Å². The molecule has 0 aromatic heterocycles. The molecule has 26 nitrogen and oxygen atoms in total. The minimum absolute atomic E-state index is 0.0670. The van der Waals surface area contributed by atoms with E-state index in [1.54, 1.807) is 0 Å². The molecule has 10 rings (SSSR count). The molecule has 0 unspecified atom stereocenters. The lowest BCUT2D eigenvalue weighted by Gasteiger charge is -2.71. The Balaban J connectivity index is 0.833. The molecule has 0 radical (unpaired) electrons. The van der Waals surface area contributed by atoms with Crippen molar-refractivity contribution in [2.75, 3.05) is 26.4 Å². The van der Waals surface area contributed by atoms with Crippen LogP contribution in [0.2, 0.25) is 0 Å². The largest absolute Gasteiger partial charge is 0.432 e. The zero-order valence-corrected chi connectivity index (χ0v) is 49.8. The summed E-state index contributed by atoms with van der Waals surface area (Å²) in [6.45, 7) is 14.3. The summed E-state index contributed by atoms with van der Waals surface area (Å²) in [6.07, 6.45) is -29.6. The lowest BCUT2D eigenvalue weighted by atomic mass is 9.33. The van der Waals surface area contributed by atoms with Crippen LogP contribution in [0, 0.1) is 50.2 Å². The van der Waals surface area contributed by atoms with Crippen LogP contribution < -0.4 is 0 Å². The lowest BCUT2D eigenvalue weighted by Crippen LogP contribution is -2.67. The highest BCUT2D eigenvalue weighted by molar-refractivity contribution is 5.79. The molecule has 5 saturated heterocycles. The zero-order valence-electron chi connectivity index (χ0n) is 49.8. The predicted octanol–water partition coefficient (Wildman–Crippen LogP) is -2.54. The first-order valence-electron chi connectivity index (χ1n) is 30.6. The molecule has 26 heteroatoms. The number of fused-ring (bicyclic) bond motifs is 7. The molecule has 33 atom stereocenters. The Morgan fingerprint density at radius 2 is 1.14 bits per heavy atom. The van der Waals surface area contributed by atoms with Crippen LogP contribution in [-0.2, 0) is 52.2 Å².